The molecule has 0 aromatic carbocycles. The maximum atomic E-state index is 8.47. The molecule has 8 heavy (non-hydrogen) atoms. The van der Waals surface area contributed by atoms with Gasteiger partial charge in [-0.2, -0.15) is 0 Å². The summed E-state index contributed by atoms with van der Waals surface area (Å²) in [5, 5.41) is 8.56. The third kappa shape index (κ3) is 5.63. The third-order valence-electron chi connectivity index (χ3n) is 0.698. The van der Waals surface area contributed by atoms with Crippen LogP contribution in [0.1, 0.15) is 12.8 Å². The average molecular weight is 130 g/mol. The normalized spacial score (nSPS) is 11.4. The topological polar surface area (TPSA) is 20.2 Å². The molecule has 0 amide bonds. The minimum atomic E-state index is 0.0897. The highest BCUT2D eigenvalue weighted by Crippen LogP contribution is 1.98. The molecule has 0 saturated carbocycles. The molecule has 0 aromatic heterocycles. The molecule has 46 valence electrons. The van der Waals surface area contributed by atoms with Crippen LogP contribution in [-0.2, 0) is 0 Å². The summed E-state index contributed by atoms with van der Waals surface area (Å²) < 4.78 is 0. The van der Waals surface area contributed by atoms with Gasteiger partial charge in [0.15, 0.2) is 0 Å². The van der Waals surface area contributed by atoms with Crippen molar-refractivity contribution in [1.29, 1.82) is 0 Å². The monoisotopic (exact) mass is 130 g/mol. The molecular weight excluding hydrogens is 120 g/mol. The van der Waals surface area contributed by atoms with Crippen LogP contribution in [0.15, 0.2) is 23.8 Å². The number of thiol groups is 1. The zero-order chi connectivity index (χ0) is 6.41. The average Bonchev–Trinajstić information content (AvgIpc) is 1.66. The van der Waals surface area contributed by atoms with Crippen LogP contribution in [0.4, 0.5) is 0 Å². The van der Waals surface area contributed by atoms with Gasteiger partial charge in [0.25, 0.3) is 0 Å². The summed E-state index contributed by atoms with van der Waals surface area (Å²) in [6.07, 6.45) is 5.15. The Morgan fingerprint density at radius 2 is 2.25 bits per heavy atom. The summed E-state index contributed by atoms with van der Waals surface area (Å²) in [4.78, 5) is 0. The van der Waals surface area contributed by atoms with Crippen molar-refractivity contribution >= 4 is 12.6 Å². The van der Waals surface area contributed by atoms with Crippen molar-refractivity contribution < 1.29 is 5.11 Å². The van der Waals surface area contributed by atoms with E-state index in [4.69, 9.17) is 5.11 Å². The molecule has 0 saturated heterocycles. The van der Waals surface area contributed by atoms with Crippen LogP contribution >= 0.6 is 12.6 Å². The van der Waals surface area contributed by atoms with E-state index >= 15 is 0 Å². The van der Waals surface area contributed by atoms with Crippen molar-refractivity contribution in [2.75, 3.05) is 0 Å². The number of hydrogen-bond acceptors (Lipinski definition) is 2. The molecule has 0 atom stereocenters. The van der Waals surface area contributed by atoms with E-state index in [1.54, 1.807) is 12.2 Å². The van der Waals surface area contributed by atoms with Crippen LogP contribution in [0.5, 0.6) is 0 Å². The summed E-state index contributed by atoms with van der Waals surface area (Å²) in [6, 6.07) is 0. The highest BCUT2D eigenvalue weighted by molar-refractivity contribution is 7.84. The maximum Gasteiger partial charge on any atom is 0.142 e. The van der Waals surface area contributed by atoms with Crippen molar-refractivity contribution in [2.45, 2.75) is 12.8 Å². The lowest BCUT2D eigenvalue weighted by Gasteiger charge is -1.85. The van der Waals surface area contributed by atoms with E-state index in [2.05, 4.69) is 19.2 Å². The molecule has 1 nitrogen and oxygen atoms in total. The molecular formula is C6H10OS. The molecule has 0 bridgehead atoms. The fourth-order valence-corrected chi connectivity index (χ4v) is 0.459. The van der Waals surface area contributed by atoms with Crippen molar-refractivity contribution in [2.24, 2.45) is 0 Å². The molecule has 0 aromatic rings. The number of allylic oxidation sites excluding steroid dienone is 2. The van der Waals surface area contributed by atoms with Gasteiger partial charge in [0.1, 0.15) is 5.09 Å². The van der Waals surface area contributed by atoms with Crippen LogP contribution in [0.3, 0.4) is 0 Å². The number of rotatable bonds is 3. The maximum absolute atomic E-state index is 8.47. The first-order valence-electron chi connectivity index (χ1n) is 2.46. The first-order chi connectivity index (χ1) is 3.77. The molecule has 1 N–H and O–H groups in total. The first-order valence-corrected chi connectivity index (χ1v) is 2.91. The minimum absolute atomic E-state index is 0.0897. The summed E-state index contributed by atoms with van der Waals surface area (Å²) in [5.41, 5.74) is 0. The van der Waals surface area contributed by atoms with Crippen molar-refractivity contribution in [3.8, 4) is 0 Å². The Morgan fingerprint density at radius 3 is 2.62 bits per heavy atom. The van der Waals surface area contributed by atoms with Gasteiger partial charge in [0, 0.05) is 0 Å². The van der Waals surface area contributed by atoms with Gasteiger partial charge >= 0.3 is 0 Å². The number of unbranched alkanes of at least 4 members (excludes halogenated alkanes) is 1. The summed E-state index contributed by atoms with van der Waals surface area (Å²) in [6.45, 7) is 3.52. The van der Waals surface area contributed by atoms with E-state index < -0.39 is 0 Å². The highest BCUT2D eigenvalue weighted by atomic mass is 32.1. The lowest BCUT2D eigenvalue weighted by atomic mass is 10.3. The zero-order valence-electron chi connectivity index (χ0n) is 4.67. The van der Waals surface area contributed by atoms with Crippen LogP contribution in [0, 0.1) is 0 Å². The second kappa shape index (κ2) is 4.78. The molecule has 2 heteroatoms. The molecule has 0 fully saturated rings. The fraction of sp³-hybridized carbons (Fsp3) is 0.333. The van der Waals surface area contributed by atoms with Gasteiger partial charge in [0.05, 0.1) is 0 Å². The second-order valence-electron chi connectivity index (χ2n) is 1.43. The molecule has 0 spiro atoms. The Balaban J connectivity index is 3.15. The Bertz CT molecular complexity index is 92.7. The lowest BCUT2D eigenvalue weighted by molar-refractivity contribution is 0.455. The van der Waals surface area contributed by atoms with Crippen LogP contribution in [0.2, 0.25) is 0 Å². The van der Waals surface area contributed by atoms with Gasteiger partial charge in [-0.3, -0.25) is 0 Å². The fourth-order valence-electron chi connectivity index (χ4n) is 0.330. The van der Waals surface area contributed by atoms with Crippen LogP contribution < -0.4 is 0 Å². The quantitative estimate of drug-likeness (QED) is 0.260. The van der Waals surface area contributed by atoms with Gasteiger partial charge in [-0.05, 0) is 18.9 Å². The first kappa shape index (κ1) is 7.63. The number of aliphatic hydroxyl groups excluding tert-OH is 1. The predicted molar refractivity (Wildman–Crippen MR) is 39.1 cm³/mol. The lowest BCUT2D eigenvalue weighted by Crippen LogP contribution is -1.66. The number of hydrogen-bond donors (Lipinski definition) is 2. The van der Waals surface area contributed by atoms with E-state index in [9.17, 15) is 0 Å². The van der Waals surface area contributed by atoms with E-state index in [1.165, 1.54) is 0 Å². The van der Waals surface area contributed by atoms with E-state index in [1.807, 2.05) is 0 Å². The standard InChI is InChI=1S/C6H10OS/c1-2-3-4-5-6(7)8/h2,5,7-8H,1,3-4H2/b6-5+. The molecule has 0 aliphatic carbocycles. The Kier molecular flexibility index (Phi) is 4.56. The molecule has 0 aliphatic rings. The van der Waals surface area contributed by atoms with Crippen LogP contribution in [0.25, 0.3) is 0 Å². The summed E-state index contributed by atoms with van der Waals surface area (Å²) in [7, 11) is 0. The van der Waals surface area contributed by atoms with E-state index in [0.717, 1.165) is 12.8 Å². The van der Waals surface area contributed by atoms with E-state index in [-0.39, 0.29) is 5.09 Å². The summed E-state index contributed by atoms with van der Waals surface area (Å²) in [5.74, 6) is 0. The Hall–Kier alpha value is -0.370. The Labute approximate surface area is 55.1 Å². The largest absolute Gasteiger partial charge is 0.503 e. The van der Waals surface area contributed by atoms with Gasteiger partial charge < -0.3 is 5.11 Å². The van der Waals surface area contributed by atoms with Gasteiger partial charge in [0.2, 0.25) is 0 Å². The molecule has 0 heterocycles. The van der Waals surface area contributed by atoms with Gasteiger partial charge in [-0.15, -0.1) is 19.2 Å². The molecule has 0 unspecified atom stereocenters. The Morgan fingerprint density at radius 1 is 1.62 bits per heavy atom. The third-order valence-corrected chi connectivity index (χ3v) is 0.880. The zero-order valence-corrected chi connectivity index (χ0v) is 5.56. The van der Waals surface area contributed by atoms with Crippen molar-refractivity contribution in [3.63, 3.8) is 0 Å². The highest BCUT2D eigenvalue weighted by Gasteiger charge is 1.78. The molecule has 0 aliphatic heterocycles. The van der Waals surface area contributed by atoms with Gasteiger partial charge in [-0.25, -0.2) is 0 Å². The summed E-state index contributed by atoms with van der Waals surface area (Å²) >= 11 is 3.65. The minimum Gasteiger partial charge on any atom is -0.503 e. The molecule has 0 radical (unpaired) electrons. The smallest absolute Gasteiger partial charge is 0.142 e. The number of aliphatic hydroxyl groups is 1. The second-order valence-corrected chi connectivity index (χ2v) is 1.89. The van der Waals surface area contributed by atoms with Crippen molar-refractivity contribution in [3.05, 3.63) is 23.8 Å². The van der Waals surface area contributed by atoms with Crippen molar-refractivity contribution in [1.82, 2.24) is 0 Å². The van der Waals surface area contributed by atoms with Crippen LogP contribution in [-0.4, -0.2) is 5.11 Å². The van der Waals surface area contributed by atoms with E-state index in [0.29, 0.717) is 0 Å². The predicted octanol–water partition coefficient (Wildman–Crippen LogP) is 2.28. The SMILES string of the molecule is C=CCC/C=C(\O)S. The molecule has 0 rings (SSSR count). The van der Waals surface area contributed by atoms with Gasteiger partial charge in [-0.1, -0.05) is 6.08 Å².